The Morgan fingerprint density at radius 1 is 1.29 bits per heavy atom. The van der Waals surface area contributed by atoms with Crippen molar-refractivity contribution in [1.29, 1.82) is 0 Å². The molecule has 1 unspecified atom stereocenters. The minimum absolute atomic E-state index is 0.199. The molecule has 2 aliphatic rings. The van der Waals surface area contributed by atoms with Crippen LogP contribution < -0.4 is 10.8 Å². The molecular formula is C18H23BN4O. The number of rotatable bonds is 3. The van der Waals surface area contributed by atoms with Gasteiger partial charge in [-0.2, -0.15) is 0 Å². The SMILES string of the molecule is Bc1cccc(C2C(=O)N(CC3CCNCC3)Cc3cncn32)c1. The third kappa shape index (κ3) is 2.86. The topological polar surface area (TPSA) is 50.2 Å². The number of imidazole rings is 1. The third-order valence-corrected chi connectivity index (χ3v) is 5.22. The Bertz CT molecular complexity index is 738. The van der Waals surface area contributed by atoms with Gasteiger partial charge in [0.1, 0.15) is 13.9 Å². The number of amides is 1. The van der Waals surface area contributed by atoms with E-state index in [9.17, 15) is 4.79 Å². The van der Waals surface area contributed by atoms with E-state index in [-0.39, 0.29) is 11.9 Å². The summed E-state index contributed by atoms with van der Waals surface area (Å²) < 4.78 is 2.04. The van der Waals surface area contributed by atoms with Gasteiger partial charge in [0.25, 0.3) is 5.91 Å². The van der Waals surface area contributed by atoms with Crippen LogP contribution in [0, 0.1) is 5.92 Å². The maximum Gasteiger partial charge on any atom is 0.250 e. The molecule has 6 heteroatoms. The van der Waals surface area contributed by atoms with Gasteiger partial charge < -0.3 is 14.8 Å². The molecule has 24 heavy (non-hydrogen) atoms. The molecule has 0 bridgehead atoms. The van der Waals surface area contributed by atoms with E-state index in [0.717, 1.165) is 43.7 Å². The van der Waals surface area contributed by atoms with Gasteiger partial charge in [-0.05, 0) is 37.4 Å². The molecule has 124 valence electrons. The minimum Gasteiger partial charge on any atom is -0.334 e. The molecule has 5 nitrogen and oxygen atoms in total. The van der Waals surface area contributed by atoms with Crippen LogP contribution in [0.15, 0.2) is 36.8 Å². The van der Waals surface area contributed by atoms with Crippen molar-refractivity contribution in [2.45, 2.75) is 25.4 Å². The van der Waals surface area contributed by atoms with Crippen LogP contribution in [0.3, 0.4) is 0 Å². The van der Waals surface area contributed by atoms with Gasteiger partial charge >= 0.3 is 0 Å². The first-order valence-corrected chi connectivity index (χ1v) is 8.79. The van der Waals surface area contributed by atoms with Crippen molar-refractivity contribution in [3.63, 3.8) is 0 Å². The summed E-state index contributed by atoms with van der Waals surface area (Å²) in [4.78, 5) is 19.6. The van der Waals surface area contributed by atoms with E-state index in [4.69, 9.17) is 0 Å². The zero-order valence-electron chi connectivity index (χ0n) is 14.1. The molecule has 0 saturated carbocycles. The maximum atomic E-state index is 13.2. The van der Waals surface area contributed by atoms with E-state index < -0.39 is 0 Å². The summed E-state index contributed by atoms with van der Waals surface area (Å²) in [6.45, 7) is 3.65. The second-order valence-corrected chi connectivity index (χ2v) is 7.02. The van der Waals surface area contributed by atoms with Crippen molar-refractivity contribution < 1.29 is 4.79 Å². The Balaban J connectivity index is 1.64. The van der Waals surface area contributed by atoms with Crippen LogP contribution in [-0.2, 0) is 11.3 Å². The van der Waals surface area contributed by atoms with Crippen molar-refractivity contribution in [2.24, 2.45) is 5.92 Å². The van der Waals surface area contributed by atoms with Crippen LogP contribution in [0.5, 0.6) is 0 Å². The summed E-state index contributed by atoms with van der Waals surface area (Å²) in [6.07, 6.45) is 5.99. The average Bonchev–Trinajstić information content (AvgIpc) is 3.04. The molecule has 0 radical (unpaired) electrons. The first kappa shape index (κ1) is 15.5. The highest BCUT2D eigenvalue weighted by molar-refractivity contribution is 6.32. The first-order valence-electron chi connectivity index (χ1n) is 8.79. The van der Waals surface area contributed by atoms with Crippen molar-refractivity contribution in [3.8, 4) is 0 Å². The van der Waals surface area contributed by atoms with E-state index in [0.29, 0.717) is 12.5 Å². The molecule has 1 aromatic heterocycles. The van der Waals surface area contributed by atoms with E-state index in [2.05, 4.69) is 30.3 Å². The molecule has 1 amide bonds. The summed E-state index contributed by atoms with van der Waals surface area (Å²) in [5.74, 6) is 0.799. The van der Waals surface area contributed by atoms with Crippen molar-refractivity contribution >= 4 is 19.2 Å². The molecule has 4 rings (SSSR count). The molecule has 1 fully saturated rings. The van der Waals surface area contributed by atoms with Crippen molar-refractivity contribution in [1.82, 2.24) is 19.8 Å². The number of fused-ring (bicyclic) bond motifs is 1. The number of benzene rings is 1. The molecular weight excluding hydrogens is 299 g/mol. The highest BCUT2D eigenvalue weighted by Gasteiger charge is 2.35. The second-order valence-electron chi connectivity index (χ2n) is 7.02. The van der Waals surface area contributed by atoms with E-state index in [1.165, 1.54) is 5.46 Å². The minimum atomic E-state index is -0.280. The molecule has 1 N–H and O–H groups in total. The maximum absolute atomic E-state index is 13.2. The predicted octanol–water partition coefficient (Wildman–Crippen LogP) is 0.0727. The Morgan fingerprint density at radius 2 is 2.12 bits per heavy atom. The number of carbonyl (C=O) groups excluding carboxylic acids is 1. The number of hydrogen-bond acceptors (Lipinski definition) is 3. The van der Waals surface area contributed by atoms with Crippen LogP contribution in [-0.4, -0.2) is 47.8 Å². The van der Waals surface area contributed by atoms with Gasteiger partial charge in [-0.15, -0.1) is 0 Å². The molecule has 1 saturated heterocycles. The van der Waals surface area contributed by atoms with E-state index >= 15 is 0 Å². The van der Waals surface area contributed by atoms with E-state index in [1.54, 1.807) is 6.33 Å². The predicted molar refractivity (Wildman–Crippen MR) is 96.0 cm³/mol. The van der Waals surface area contributed by atoms with Gasteiger partial charge in [-0.1, -0.05) is 29.7 Å². The lowest BCUT2D eigenvalue weighted by Gasteiger charge is -2.37. The fourth-order valence-corrected chi connectivity index (χ4v) is 3.93. The monoisotopic (exact) mass is 322 g/mol. The Kier molecular flexibility index (Phi) is 4.14. The Morgan fingerprint density at radius 3 is 2.92 bits per heavy atom. The van der Waals surface area contributed by atoms with Gasteiger partial charge in [0.05, 0.1) is 18.6 Å². The lowest BCUT2D eigenvalue weighted by Crippen LogP contribution is -2.46. The van der Waals surface area contributed by atoms with Gasteiger partial charge in [0.15, 0.2) is 0 Å². The first-order chi connectivity index (χ1) is 11.7. The smallest absolute Gasteiger partial charge is 0.250 e. The molecule has 0 spiro atoms. The standard InChI is InChI=1S/C18H23BN4O/c19-15-3-1-2-14(8-15)17-18(24)22(10-13-4-6-20-7-5-13)11-16-9-21-12-23(16)17/h1-3,8-9,12-13,17,20H,4-7,10-11,19H2. The number of piperidine rings is 1. The Labute approximate surface area is 143 Å². The van der Waals surface area contributed by atoms with Gasteiger partial charge in [-0.25, -0.2) is 4.98 Å². The zero-order valence-corrected chi connectivity index (χ0v) is 14.1. The highest BCUT2D eigenvalue weighted by atomic mass is 16.2. The number of nitrogens with zero attached hydrogens (tertiary/aromatic N) is 3. The molecule has 1 aromatic carbocycles. The fraction of sp³-hybridized carbons (Fsp3) is 0.444. The van der Waals surface area contributed by atoms with Crippen LogP contribution >= 0.6 is 0 Å². The third-order valence-electron chi connectivity index (χ3n) is 5.22. The zero-order chi connectivity index (χ0) is 16.5. The summed E-state index contributed by atoms with van der Waals surface area (Å²) in [5, 5.41) is 3.40. The quantitative estimate of drug-likeness (QED) is 0.814. The number of hydrogen-bond donors (Lipinski definition) is 1. The van der Waals surface area contributed by atoms with Gasteiger partial charge in [0, 0.05) is 12.7 Å². The van der Waals surface area contributed by atoms with Crippen LogP contribution in [0.2, 0.25) is 0 Å². The van der Waals surface area contributed by atoms with Crippen molar-refractivity contribution in [3.05, 3.63) is 48.0 Å². The highest BCUT2D eigenvalue weighted by Crippen LogP contribution is 2.29. The van der Waals surface area contributed by atoms with Crippen molar-refractivity contribution in [2.75, 3.05) is 19.6 Å². The molecule has 1 atom stereocenters. The van der Waals surface area contributed by atoms with Gasteiger partial charge in [0.2, 0.25) is 0 Å². The normalized spacial score (nSPS) is 21.8. The second kappa shape index (κ2) is 6.44. The molecule has 2 aliphatic heterocycles. The lowest BCUT2D eigenvalue weighted by molar-refractivity contribution is -0.136. The molecule has 0 aliphatic carbocycles. The lowest BCUT2D eigenvalue weighted by atomic mass is 9.91. The number of nitrogens with one attached hydrogen (secondary N) is 1. The van der Waals surface area contributed by atoms with Gasteiger partial charge in [-0.3, -0.25) is 4.79 Å². The van der Waals surface area contributed by atoms with Crippen LogP contribution in [0.4, 0.5) is 0 Å². The average molecular weight is 322 g/mol. The molecule has 3 heterocycles. The largest absolute Gasteiger partial charge is 0.334 e. The van der Waals surface area contributed by atoms with Crippen LogP contribution in [0.1, 0.15) is 30.1 Å². The Hall–Kier alpha value is -2.08. The summed E-state index contributed by atoms with van der Waals surface area (Å²) in [6, 6.07) is 7.98. The van der Waals surface area contributed by atoms with Crippen LogP contribution in [0.25, 0.3) is 0 Å². The van der Waals surface area contributed by atoms with E-state index in [1.807, 2.05) is 27.8 Å². The number of carbonyl (C=O) groups is 1. The summed E-state index contributed by atoms with van der Waals surface area (Å²) >= 11 is 0. The summed E-state index contributed by atoms with van der Waals surface area (Å²) in [5.41, 5.74) is 3.35. The number of aromatic nitrogens is 2. The summed E-state index contributed by atoms with van der Waals surface area (Å²) in [7, 11) is 2.07. The fourth-order valence-electron chi connectivity index (χ4n) is 3.93. The molecule has 2 aromatic rings.